The molecule has 0 radical (unpaired) electrons. The van der Waals surface area contributed by atoms with Crippen LogP contribution in [0.4, 0.5) is 0 Å². The molecule has 1 fully saturated rings. The molecular weight excluding hydrogens is 168 g/mol. The van der Waals surface area contributed by atoms with Crippen LogP contribution < -0.4 is 0 Å². The second kappa shape index (κ2) is 4.32. The summed E-state index contributed by atoms with van der Waals surface area (Å²) >= 11 is 6.06. The van der Waals surface area contributed by atoms with Crippen molar-refractivity contribution in [3.63, 3.8) is 0 Å². The Labute approximate surface area is 81.0 Å². The third-order valence-electron chi connectivity index (χ3n) is 3.43. The molecule has 0 saturated heterocycles. The Kier molecular flexibility index (Phi) is 3.64. The molecule has 1 heteroatoms. The third kappa shape index (κ3) is 1.85. The molecular formula is C11H19Cl. The lowest BCUT2D eigenvalue weighted by Gasteiger charge is -2.32. The minimum atomic E-state index is 0.440. The Balaban J connectivity index is 2.58. The fourth-order valence-corrected chi connectivity index (χ4v) is 2.87. The normalized spacial score (nSPS) is 23.8. The van der Waals surface area contributed by atoms with Gasteiger partial charge >= 0.3 is 0 Å². The highest BCUT2D eigenvalue weighted by atomic mass is 35.5. The molecule has 0 bridgehead atoms. The molecule has 1 atom stereocenters. The number of allylic oxidation sites excluding steroid dienone is 1. The van der Waals surface area contributed by atoms with Gasteiger partial charge in [-0.2, -0.15) is 0 Å². The Morgan fingerprint density at radius 3 is 2.50 bits per heavy atom. The molecule has 0 N–H and O–H groups in total. The van der Waals surface area contributed by atoms with Crippen LogP contribution in [-0.2, 0) is 0 Å². The van der Waals surface area contributed by atoms with E-state index in [4.69, 9.17) is 11.6 Å². The molecule has 1 saturated carbocycles. The lowest BCUT2D eigenvalue weighted by Crippen LogP contribution is -2.27. The summed E-state index contributed by atoms with van der Waals surface area (Å²) in [5.41, 5.74) is 0.440. The van der Waals surface area contributed by atoms with Gasteiger partial charge in [0.05, 0.1) is 0 Å². The van der Waals surface area contributed by atoms with Crippen molar-refractivity contribution in [1.29, 1.82) is 0 Å². The summed E-state index contributed by atoms with van der Waals surface area (Å²) in [5.74, 6) is 1.55. The number of hydrogen-bond donors (Lipinski definition) is 0. The molecule has 1 aliphatic carbocycles. The van der Waals surface area contributed by atoms with Gasteiger partial charge < -0.3 is 0 Å². The van der Waals surface area contributed by atoms with Crippen molar-refractivity contribution in [3.8, 4) is 0 Å². The van der Waals surface area contributed by atoms with Gasteiger partial charge in [-0.05, 0) is 30.6 Å². The topological polar surface area (TPSA) is 0 Å². The SMILES string of the molecule is C=CCC(C)C1(CCl)CCCC1. The summed E-state index contributed by atoms with van der Waals surface area (Å²) in [4.78, 5) is 0. The van der Waals surface area contributed by atoms with Gasteiger partial charge in [0.2, 0.25) is 0 Å². The molecule has 0 nitrogen and oxygen atoms in total. The lowest BCUT2D eigenvalue weighted by molar-refractivity contribution is 0.217. The van der Waals surface area contributed by atoms with E-state index in [1.54, 1.807) is 0 Å². The molecule has 0 heterocycles. The third-order valence-corrected chi connectivity index (χ3v) is 3.96. The first-order valence-electron chi connectivity index (χ1n) is 4.92. The largest absolute Gasteiger partial charge is 0.126 e. The van der Waals surface area contributed by atoms with E-state index in [-0.39, 0.29) is 0 Å². The van der Waals surface area contributed by atoms with E-state index < -0.39 is 0 Å². The molecule has 0 aromatic rings. The average Bonchev–Trinajstić information content (AvgIpc) is 2.54. The van der Waals surface area contributed by atoms with Gasteiger partial charge in [-0.1, -0.05) is 25.8 Å². The Bertz CT molecular complexity index is 145. The average molecular weight is 187 g/mol. The summed E-state index contributed by atoms with van der Waals surface area (Å²) in [6.07, 6.45) is 8.53. The van der Waals surface area contributed by atoms with Crippen molar-refractivity contribution >= 4 is 11.6 Å². The molecule has 0 spiro atoms. The van der Waals surface area contributed by atoms with Crippen LogP contribution in [0, 0.1) is 11.3 Å². The van der Waals surface area contributed by atoms with E-state index in [1.165, 1.54) is 25.7 Å². The smallest absolute Gasteiger partial charge is 0.0282 e. The van der Waals surface area contributed by atoms with Crippen LogP contribution in [0.25, 0.3) is 0 Å². The van der Waals surface area contributed by atoms with Crippen LogP contribution in [0.3, 0.4) is 0 Å². The van der Waals surface area contributed by atoms with Crippen molar-refractivity contribution < 1.29 is 0 Å². The fraction of sp³-hybridized carbons (Fsp3) is 0.818. The highest BCUT2D eigenvalue weighted by Crippen LogP contribution is 2.46. The van der Waals surface area contributed by atoms with Crippen molar-refractivity contribution in [2.75, 3.05) is 5.88 Å². The first-order valence-corrected chi connectivity index (χ1v) is 5.45. The Morgan fingerprint density at radius 1 is 1.50 bits per heavy atom. The standard InChI is InChI=1S/C11H19Cl/c1-3-6-10(2)11(9-12)7-4-5-8-11/h3,10H,1,4-9H2,2H3. The van der Waals surface area contributed by atoms with Gasteiger partial charge in [-0.3, -0.25) is 0 Å². The van der Waals surface area contributed by atoms with Gasteiger partial charge in [-0.15, -0.1) is 18.2 Å². The van der Waals surface area contributed by atoms with Crippen LogP contribution in [0.5, 0.6) is 0 Å². The first kappa shape index (κ1) is 10.1. The predicted molar refractivity (Wildman–Crippen MR) is 55.6 cm³/mol. The quantitative estimate of drug-likeness (QED) is 0.460. The summed E-state index contributed by atoms with van der Waals surface area (Å²) in [6.45, 7) is 6.11. The molecule has 0 aliphatic heterocycles. The van der Waals surface area contributed by atoms with Crippen LogP contribution >= 0.6 is 11.6 Å². The van der Waals surface area contributed by atoms with Crippen molar-refractivity contribution in [1.82, 2.24) is 0 Å². The summed E-state index contributed by atoms with van der Waals surface area (Å²) in [7, 11) is 0. The minimum absolute atomic E-state index is 0.440. The van der Waals surface area contributed by atoms with E-state index >= 15 is 0 Å². The van der Waals surface area contributed by atoms with Gasteiger partial charge in [0, 0.05) is 5.88 Å². The van der Waals surface area contributed by atoms with E-state index in [9.17, 15) is 0 Å². The van der Waals surface area contributed by atoms with Crippen molar-refractivity contribution in [2.45, 2.75) is 39.0 Å². The monoisotopic (exact) mass is 186 g/mol. The van der Waals surface area contributed by atoms with Gasteiger partial charge in [0.15, 0.2) is 0 Å². The van der Waals surface area contributed by atoms with Crippen LogP contribution in [-0.4, -0.2) is 5.88 Å². The maximum atomic E-state index is 6.06. The number of rotatable bonds is 4. The molecule has 0 aromatic carbocycles. The van der Waals surface area contributed by atoms with Crippen LogP contribution in [0.15, 0.2) is 12.7 Å². The highest BCUT2D eigenvalue weighted by Gasteiger charge is 2.37. The maximum absolute atomic E-state index is 6.06. The lowest BCUT2D eigenvalue weighted by atomic mass is 9.75. The zero-order valence-electron chi connectivity index (χ0n) is 7.98. The van der Waals surface area contributed by atoms with Crippen molar-refractivity contribution in [3.05, 3.63) is 12.7 Å². The maximum Gasteiger partial charge on any atom is 0.0282 e. The van der Waals surface area contributed by atoms with Crippen LogP contribution in [0.1, 0.15) is 39.0 Å². The first-order chi connectivity index (χ1) is 5.75. The molecule has 1 aliphatic rings. The molecule has 1 unspecified atom stereocenters. The van der Waals surface area contributed by atoms with Crippen molar-refractivity contribution in [2.24, 2.45) is 11.3 Å². The van der Waals surface area contributed by atoms with Gasteiger partial charge in [-0.25, -0.2) is 0 Å². The van der Waals surface area contributed by atoms with Crippen LogP contribution in [0.2, 0.25) is 0 Å². The van der Waals surface area contributed by atoms with E-state index in [0.717, 1.165) is 18.2 Å². The predicted octanol–water partition coefficient (Wildman–Crippen LogP) is 4.00. The molecule has 1 rings (SSSR count). The number of halogens is 1. The molecule has 0 aromatic heterocycles. The summed E-state index contributed by atoms with van der Waals surface area (Å²) in [6, 6.07) is 0. The fourth-order valence-electron chi connectivity index (χ4n) is 2.34. The van der Waals surface area contributed by atoms with E-state index in [0.29, 0.717) is 5.41 Å². The zero-order chi connectivity index (χ0) is 9.03. The van der Waals surface area contributed by atoms with E-state index in [1.807, 2.05) is 6.08 Å². The second-order valence-corrected chi connectivity index (χ2v) is 4.40. The molecule has 12 heavy (non-hydrogen) atoms. The highest BCUT2D eigenvalue weighted by molar-refractivity contribution is 6.18. The molecule has 70 valence electrons. The van der Waals surface area contributed by atoms with Gasteiger partial charge in [0.25, 0.3) is 0 Å². The Morgan fingerprint density at radius 2 is 2.08 bits per heavy atom. The number of alkyl halides is 1. The second-order valence-electron chi connectivity index (χ2n) is 4.13. The number of hydrogen-bond acceptors (Lipinski definition) is 0. The van der Waals surface area contributed by atoms with E-state index in [2.05, 4.69) is 13.5 Å². The van der Waals surface area contributed by atoms with Gasteiger partial charge in [0.1, 0.15) is 0 Å². The summed E-state index contributed by atoms with van der Waals surface area (Å²) < 4.78 is 0. The Hall–Kier alpha value is 0.0300. The summed E-state index contributed by atoms with van der Waals surface area (Å²) in [5, 5.41) is 0. The minimum Gasteiger partial charge on any atom is -0.126 e. The molecule has 0 amide bonds. The zero-order valence-corrected chi connectivity index (χ0v) is 8.74.